The number of tetrazole rings is 1. The van der Waals surface area contributed by atoms with E-state index in [-0.39, 0.29) is 0 Å². The molecule has 0 spiro atoms. The summed E-state index contributed by atoms with van der Waals surface area (Å²) in [6.45, 7) is 2.00. The van der Waals surface area contributed by atoms with Gasteiger partial charge in [0.25, 0.3) is 0 Å². The van der Waals surface area contributed by atoms with Crippen molar-refractivity contribution in [1.29, 1.82) is 0 Å². The van der Waals surface area contributed by atoms with Crippen molar-refractivity contribution >= 4 is 5.95 Å². The summed E-state index contributed by atoms with van der Waals surface area (Å²) in [5.41, 5.74) is 7.57. The van der Waals surface area contributed by atoms with Crippen LogP contribution in [0, 0.1) is 6.92 Å². The smallest absolute Gasteiger partial charge is 0.245 e. The first kappa shape index (κ1) is 7.72. The zero-order chi connectivity index (χ0) is 9.26. The lowest BCUT2D eigenvalue weighted by Gasteiger charge is -2.01. The van der Waals surface area contributed by atoms with Crippen LogP contribution in [-0.2, 0) is 0 Å². The summed E-state index contributed by atoms with van der Waals surface area (Å²) in [6, 6.07) is 7.81. The zero-order valence-electron chi connectivity index (χ0n) is 7.18. The van der Waals surface area contributed by atoms with Crippen LogP contribution >= 0.6 is 0 Å². The van der Waals surface area contributed by atoms with Crippen molar-refractivity contribution in [3.8, 4) is 5.69 Å². The Balaban J connectivity index is 2.53. The van der Waals surface area contributed by atoms with Crippen molar-refractivity contribution in [2.24, 2.45) is 0 Å². The molecule has 0 aliphatic carbocycles. The molecule has 2 aromatic rings. The highest BCUT2D eigenvalue weighted by molar-refractivity contribution is 5.38. The van der Waals surface area contributed by atoms with Gasteiger partial charge in [-0.3, -0.25) is 0 Å². The second-order valence-corrected chi connectivity index (χ2v) is 2.79. The molecule has 0 unspecified atom stereocenters. The monoisotopic (exact) mass is 175 g/mol. The first-order valence-electron chi connectivity index (χ1n) is 3.88. The van der Waals surface area contributed by atoms with E-state index < -0.39 is 0 Å². The highest BCUT2D eigenvalue weighted by atomic mass is 15.6. The van der Waals surface area contributed by atoms with Gasteiger partial charge in [-0.2, -0.15) is 4.68 Å². The van der Waals surface area contributed by atoms with E-state index in [0.29, 0.717) is 5.95 Å². The van der Waals surface area contributed by atoms with E-state index in [9.17, 15) is 0 Å². The van der Waals surface area contributed by atoms with Gasteiger partial charge in [-0.15, -0.1) is 0 Å². The van der Waals surface area contributed by atoms with Gasteiger partial charge in [-0.1, -0.05) is 17.2 Å². The summed E-state index contributed by atoms with van der Waals surface area (Å²) in [5, 5.41) is 10.8. The summed E-state index contributed by atoms with van der Waals surface area (Å²) >= 11 is 0. The number of anilines is 1. The largest absolute Gasteiger partial charge is 0.366 e. The molecule has 0 saturated carbocycles. The lowest BCUT2D eigenvalue weighted by molar-refractivity contribution is 0.791. The van der Waals surface area contributed by atoms with Crippen LogP contribution in [0.25, 0.3) is 5.69 Å². The lowest BCUT2D eigenvalue weighted by atomic mass is 10.2. The number of nitrogens with zero attached hydrogens (tertiary/aromatic N) is 4. The molecule has 0 fully saturated rings. The minimum atomic E-state index is 0.297. The Bertz CT molecular complexity index is 420. The Labute approximate surface area is 75.2 Å². The minimum Gasteiger partial charge on any atom is -0.366 e. The molecule has 0 amide bonds. The quantitative estimate of drug-likeness (QED) is 0.687. The van der Waals surface area contributed by atoms with Gasteiger partial charge in [-0.05, 0) is 35.0 Å². The number of benzene rings is 1. The van der Waals surface area contributed by atoms with Gasteiger partial charge in [0.2, 0.25) is 5.95 Å². The molecular weight excluding hydrogens is 166 g/mol. The molecule has 0 saturated heterocycles. The number of rotatable bonds is 1. The number of aromatic nitrogens is 4. The Kier molecular flexibility index (Phi) is 1.70. The maximum absolute atomic E-state index is 5.55. The summed E-state index contributed by atoms with van der Waals surface area (Å²) in [7, 11) is 0. The molecule has 0 aliphatic heterocycles. The van der Waals surface area contributed by atoms with E-state index in [1.54, 1.807) is 0 Å². The number of nitrogen functional groups attached to an aromatic ring is 1. The van der Waals surface area contributed by atoms with Crippen molar-refractivity contribution in [2.45, 2.75) is 6.92 Å². The third-order valence-electron chi connectivity index (χ3n) is 1.74. The highest BCUT2D eigenvalue weighted by Gasteiger charge is 2.02. The van der Waals surface area contributed by atoms with Gasteiger partial charge < -0.3 is 5.73 Å². The number of hydrogen-bond acceptors (Lipinski definition) is 4. The molecule has 1 heterocycles. The SMILES string of the molecule is Cc1cccc(-n2nnnc2N)c1. The summed E-state index contributed by atoms with van der Waals surface area (Å²) in [5.74, 6) is 0.297. The Morgan fingerprint density at radius 3 is 2.85 bits per heavy atom. The van der Waals surface area contributed by atoms with Crippen molar-refractivity contribution in [1.82, 2.24) is 20.2 Å². The molecule has 2 rings (SSSR count). The molecule has 0 bridgehead atoms. The number of aryl methyl sites for hydroxylation is 1. The maximum Gasteiger partial charge on any atom is 0.245 e. The standard InChI is InChI=1S/C8H9N5/c1-6-3-2-4-7(5-6)13-8(9)10-11-12-13/h2-5H,1H3,(H2,9,10,12). The number of hydrogen-bond donors (Lipinski definition) is 1. The second-order valence-electron chi connectivity index (χ2n) is 2.79. The van der Waals surface area contributed by atoms with E-state index in [2.05, 4.69) is 15.5 Å². The van der Waals surface area contributed by atoms with Crippen molar-refractivity contribution < 1.29 is 0 Å². The van der Waals surface area contributed by atoms with E-state index >= 15 is 0 Å². The average molecular weight is 175 g/mol. The van der Waals surface area contributed by atoms with E-state index in [4.69, 9.17) is 5.73 Å². The van der Waals surface area contributed by atoms with Gasteiger partial charge in [0.1, 0.15) is 0 Å². The molecule has 2 N–H and O–H groups in total. The van der Waals surface area contributed by atoms with Crippen LogP contribution in [0.4, 0.5) is 5.95 Å². The molecule has 0 radical (unpaired) electrons. The van der Waals surface area contributed by atoms with E-state index in [1.807, 2.05) is 31.2 Å². The molecule has 5 nitrogen and oxygen atoms in total. The van der Waals surface area contributed by atoms with E-state index in [1.165, 1.54) is 4.68 Å². The molecule has 0 atom stereocenters. The van der Waals surface area contributed by atoms with Crippen molar-refractivity contribution in [3.63, 3.8) is 0 Å². The first-order valence-corrected chi connectivity index (χ1v) is 3.88. The van der Waals surface area contributed by atoms with Gasteiger partial charge in [0.05, 0.1) is 5.69 Å². The van der Waals surface area contributed by atoms with Crippen LogP contribution in [0.1, 0.15) is 5.56 Å². The van der Waals surface area contributed by atoms with Gasteiger partial charge in [0, 0.05) is 0 Å². The average Bonchev–Trinajstić information content (AvgIpc) is 2.51. The third-order valence-corrected chi connectivity index (χ3v) is 1.74. The topological polar surface area (TPSA) is 69.6 Å². The maximum atomic E-state index is 5.55. The predicted molar refractivity (Wildman–Crippen MR) is 48.3 cm³/mol. The summed E-state index contributed by atoms with van der Waals surface area (Å²) in [6.07, 6.45) is 0. The minimum absolute atomic E-state index is 0.297. The predicted octanol–water partition coefficient (Wildman–Crippen LogP) is 0.553. The Hall–Kier alpha value is -1.91. The molecule has 5 heteroatoms. The second kappa shape index (κ2) is 2.85. The van der Waals surface area contributed by atoms with E-state index in [0.717, 1.165) is 11.3 Å². The van der Waals surface area contributed by atoms with Crippen LogP contribution in [0.5, 0.6) is 0 Å². The third kappa shape index (κ3) is 1.35. The molecular formula is C8H9N5. The van der Waals surface area contributed by atoms with Crippen LogP contribution < -0.4 is 5.73 Å². The van der Waals surface area contributed by atoms with Crippen molar-refractivity contribution in [2.75, 3.05) is 5.73 Å². The number of nitrogens with two attached hydrogens (primary N) is 1. The summed E-state index contributed by atoms with van der Waals surface area (Å²) < 4.78 is 1.49. The molecule has 13 heavy (non-hydrogen) atoms. The van der Waals surface area contributed by atoms with Crippen LogP contribution in [0.15, 0.2) is 24.3 Å². The van der Waals surface area contributed by atoms with Gasteiger partial charge >= 0.3 is 0 Å². The van der Waals surface area contributed by atoms with Crippen LogP contribution in [0.2, 0.25) is 0 Å². The Morgan fingerprint density at radius 1 is 1.38 bits per heavy atom. The fraction of sp³-hybridized carbons (Fsp3) is 0.125. The lowest BCUT2D eigenvalue weighted by Crippen LogP contribution is -2.02. The normalized spacial score (nSPS) is 10.2. The molecule has 66 valence electrons. The highest BCUT2D eigenvalue weighted by Crippen LogP contribution is 2.10. The summed E-state index contributed by atoms with van der Waals surface area (Å²) in [4.78, 5) is 0. The van der Waals surface area contributed by atoms with Crippen LogP contribution in [-0.4, -0.2) is 20.2 Å². The zero-order valence-corrected chi connectivity index (χ0v) is 7.18. The Morgan fingerprint density at radius 2 is 2.23 bits per heavy atom. The van der Waals surface area contributed by atoms with Gasteiger partial charge in [0.15, 0.2) is 0 Å². The van der Waals surface area contributed by atoms with Gasteiger partial charge in [-0.25, -0.2) is 0 Å². The van der Waals surface area contributed by atoms with Crippen molar-refractivity contribution in [3.05, 3.63) is 29.8 Å². The first-order chi connectivity index (χ1) is 6.27. The fourth-order valence-corrected chi connectivity index (χ4v) is 1.14. The fourth-order valence-electron chi connectivity index (χ4n) is 1.14. The molecule has 1 aromatic heterocycles. The molecule has 1 aromatic carbocycles. The molecule has 0 aliphatic rings. The van der Waals surface area contributed by atoms with Crippen LogP contribution in [0.3, 0.4) is 0 Å².